The van der Waals surface area contributed by atoms with Crippen LogP contribution < -0.4 is 4.90 Å². The van der Waals surface area contributed by atoms with Crippen molar-refractivity contribution >= 4 is 30.5 Å². The van der Waals surface area contributed by atoms with Gasteiger partial charge in [0.25, 0.3) is 0 Å². The lowest BCUT2D eigenvalue weighted by Gasteiger charge is -2.10. The van der Waals surface area contributed by atoms with Gasteiger partial charge in [-0.05, 0) is 18.6 Å². The molecule has 0 aromatic carbocycles. The summed E-state index contributed by atoms with van der Waals surface area (Å²) in [6.07, 6.45) is 1.70. The van der Waals surface area contributed by atoms with Gasteiger partial charge < -0.3 is 9.15 Å². The topological polar surface area (TPSA) is 72.6 Å². The molecule has 1 aromatic rings. The fourth-order valence-electron chi connectivity index (χ4n) is 1.78. The molecule has 0 radical (unpaired) electrons. The molecular formula is C11H14N2O4S. The van der Waals surface area contributed by atoms with Gasteiger partial charge in [0.1, 0.15) is 0 Å². The fraction of sp³-hybridized carbons (Fsp3) is 0.545. The molecule has 98 valence electrons. The SMILES string of the molecule is CCOC(=O)c1cnc(N2CC(CS)CC2=O)o1. The van der Waals surface area contributed by atoms with Crippen molar-refractivity contribution in [2.75, 3.05) is 23.8 Å². The maximum Gasteiger partial charge on any atom is 0.376 e. The summed E-state index contributed by atoms with van der Waals surface area (Å²) in [4.78, 5) is 28.5. The number of esters is 1. The number of anilines is 1. The van der Waals surface area contributed by atoms with Gasteiger partial charge in [-0.15, -0.1) is 0 Å². The zero-order valence-corrected chi connectivity index (χ0v) is 10.9. The molecule has 0 spiro atoms. The van der Waals surface area contributed by atoms with E-state index in [0.29, 0.717) is 18.7 Å². The van der Waals surface area contributed by atoms with E-state index in [1.165, 1.54) is 11.1 Å². The van der Waals surface area contributed by atoms with Gasteiger partial charge in [0.15, 0.2) is 0 Å². The van der Waals surface area contributed by atoms with E-state index in [2.05, 4.69) is 17.6 Å². The minimum Gasteiger partial charge on any atom is -0.460 e. The van der Waals surface area contributed by atoms with Gasteiger partial charge in [-0.3, -0.25) is 9.69 Å². The van der Waals surface area contributed by atoms with Gasteiger partial charge in [-0.1, -0.05) is 0 Å². The fourth-order valence-corrected chi connectivity index (χ4v) is 2.02. The lowest BCUT2D eigenvalue weighted by atomic mass is 10.1. The van der Waals surface area contributed by atoms with Crippen LogP contribution in [0.4, 0.5) is 6.01 Å². The summed E-state index contributed by atoms with van der Waals surface area (Å²) < 4.78 is 10.0. The van der Waals surface area contributed by atoms with Gasteiger partial charge >= 0.3 is 12.0 Å². The molecule has 0 aliphatic carbocycles. The summed E-state index contributed by atoms with van der Waals surface area (Å²) in [5.41, 5.74) is 0. The molecule has 18 heavy (non-hydrogen) atoms. The van der Waals surface area contributed by atoms with E-state index in [9.17, 15) is 9.59 Å². The van der Waals surface area contributed by atoms with E-state index >= 15 is 0 Å². The van der Waals surface area contributed by atoms with Crippen molar-refractivity contribution < 1.29 is 18.7 Å². The normalized spacial score (nSPS) is 19.3. The first-order valence-electron chi connectivity index (χ1n) is 5.69. The third-order valence-electron chi connectivity index (χ3n) is 2.66. The quantitative estimate of drug-likeness (QED) is 0.656. The number of oxazole rings is 1. The highest BCUT2D eigenvalue weighted by atomic mass is 32.1. The van der Waals surface area contributed by atoms with Crippen molar-refractivity contribution in [3.05, 3.63) is 12.0 Å². The van der Waals surface area contributed by atoms with E-state index in [4.69, 9.17) is 9.15 Å². The molecule has 1 aromatic heterocycles. The predicted molar refractivity (Wildman–Crippen MR) is 66.8 cm³/mol. The Bertz CT molecular complexity index is 460. The van der Waals surface area contributed by atoms with Crippen LogP contribution in [0.15, 0.2) is 10.6 Å². The molecule has 2 rings (SSSR count). The second-order valence-corrected chi connectivity index (χ2v) is 4.35. The second kappa shape index (κ2) is 5.43. The minimum atomic E-state index is -0.575. The number of nitrogens with zero attached hydrogens (tertiary/aromatic N) is 2. The Morgan fingerprint density at radius 3 is 3.11 bits per heavy atom. The van der Waals surface area contributed by atoms with Crippen molar-refractivity contribution in [1.82, 2.24) is 4.98 Å². The van der Waals surface area contributed by atoms with Gasteiger partial charge in [0.05, 0.1) is 12.8 Å². The molecule has 0 saturated carbocycles. The maximum atomic E-state index is 11.7. The van der Waals surface area contributed by atoms with Crippen LogP contribution in [-0.4, -0.2) is 35.8 Å². The number of carbonyl (C=O) groups is 2. The number of rotatable bonds is 4. The van der Waals surface area contributed by atoms with E-state index in [1.54, 1.807) is 6.92 Å². The van der Waals surface area contributed by atoms with Crippen LogP contribution in [0.5, 0.6) is 0 Å². The average molecular weight is 270 g/mol. The second-order valence-electron chi connectivity index (χ2n) is 3.98. The van der Waals surface area contributed by atoms with Crippen molar-refractivity contribution in [3.63, 3.8) is 0 Å². The highest BCUT2D eigenvalue weighted by molar-refractivity contribution is 7.80. The molecule has 0 bridgehead atoms. The van der Waals surface area contributed by atoms with E-state index in [-0.39, 0.29) is 30.2 Å². The zero-order valence-electron chi connectivity index (χ0n) is 9.96. The molecule has 6 nitrogen and oxygen atoms in total. The number of hydrogen-bond acceptors (Lipinski definition) is 6. The molecule has 1 saturated heterocycles. The van der Waals surface area contributed by atoms with Crippen molar-refractivity contribution in [1.29, 1.82) is 0 Å². The van der Waals surface area contributed by atoms with Crippen molar-refractivity contribution in [2.45, 2.75) is 13.3 Å². The first kappa shape index (κ1) is 12.9. The van der Waals surface area contributed by atoms with Crippen LogP contribution in [0.1, 0.15) is 23.9 Å². The van der Waals surface area contributed by atoms with Crippen LogP contribution in [0.25, 0.3) is 0 Å². The Kier molecular flexibility index (Phi) is 3.90. The molecule has 1 fully saturated rings. The summed E-state index contributed by atoms with van der Waals surface area (Å²) in [7, 11) is 0. The molecule has 7 heteroatoms. The number of thiol groups is 1. The van der Waals surface area contributed by atoms with E-state index < -0.39 is 5.97 Å². The zero-order chi connectivity index (χ0) is 13.1. The Balaban J connectivity index is 2.11. The summed E-state index contributed by atoms with van der Waals surface area (Å²) in [6.45, 7) is 2.49. The lowest BCUT2D eigenvalue weighted by molar-refractivity contribution is -0.117. The highest BCUT2D eigenvalue weighted by Gasteiger charge is 2.33. The number of aromatic nitrogens is 1. The van der Waals surface area contributed by atoms with Crippen LogP contribution in [0.3, 0.4) is 0 Å². The first-order chi connectivity index (χ1) is 8.65. The van der Waals surface area contributed by atoms with Gasteiger partial charge in [-0.25, -0.2) is 9.78 Å². The summed E-state index contributed by atoms with van der Waals surface area (Å²) in [5, 5.41) is 0. The predicted octanol–water partition coefficient (Wildman–Crippen LogP) is 1.13. The Hall–Kier alpha value is -1.50. The van der Waals surface area contributed by atoms with Crippen molar-refractivity contribution in [2.24, 2.45) is 5.92 Å². The Morgan fingerprint density at radius 1 is 1.72 bits per heavy atom. The summed E-state index contributed by atoms with van der Waals surface area (Å²) >= 11 is 4.17. The number of ether oxygens (including phenoxy) is 1. The van der Waals surface area contributed by atoms with Crippen LogP contribution in [0, 0.1) is 5.92 Å². The molecule has 1 amide bonds. The van der Waals surface area contributed by atoms with Gasteiger partial charge in [0.2, 0.25) is 11.7 Å². The number of carbonyl (C=O) groups excluding carboxylic acids is 2. The molecule has 1 aliphatic heterocycles. The van der Waals surface area contributed by atoms with E-state index in [0.717, 1.165) is 0 Å². The van der Waals surface area contributed by atoms with Crippen LogP contribution in [0.2, 0.25) is 0 Å². The lowest BCUT2D eigenvalue weighted by Crippen LogP contribution is -2.24. The van der Waals surface area contributed by atoms with Gasteiger partial charge in [0, 0.05) is 13.0 Å². The molecule has 1 atom stereocenters. The summed E-state index contributed by atoms with van der Waals surface area (Å²) in [5.74, 6) is 0.195. The molecule has 1 aliphatic rings. The third kappa shape index (κ3) is 2.50. The molecule has 0 N–H and O–H groups in total. The van der Waals surface area contributed by atoms with Gasteiger partial charge in [-0.2, -0.15) is 12.6 Å². The standard InChI is InChI=1S/C11H14N2O4S/c1-2-16-10(15)8-4-12-11(17-8)13-5-7(6-18)3-9(13)14/h4,7,18H,2-3,5-6H2,1H3. The minimum absolute atomic E-state index is 0.00831. The number of amides is 1. The highest BCUT2D eigenvalue weighted by Crippen LogP contribution is 2.25. The average Bonchev–Trinajstić information content (AvgIpc) is 2.95. The smallest absolute Gasteiger partial charge is 0.376 e. The molecule has 1 unspecified atom stereocenters. The molecular weight excluding hydrogens is 256 g/mol. The first-order valence-corrected chi connectivity index (χ1v) is 6.33. The molecule has 2 heterocycles. The monoisotopic (exact) mass is 270 g/mol. The Morgan fingerprint density at radius 2 is 2.50 bits per heavy atom. The van der Waals surface area contributed by atoms with Crippen molar-refractivity contribution in [3.8, 4) is 0 Å². The number of hydrogen-bond donors (Lipinski definition) is 1. The van der Waals surface area contributed by atoms with E-state index in [1.807, 2.05) is 0 Å². The van der Waals surface area contributed by atoms with Crippen LogP contribution in [-0.2, 0) is 9.53 Å². The largest absolute Gasteiger partial charge is 0.460 e. The maximum absolute atomic E-state index is 11.7. The summed E-state index contributed by atoms with van der Waals surface area (Å²) in [6, 6.07) is 0.146. The van der Waals surface area contributed by atoms with Crippen LogP contribution >= 0.6 is 12.6 Å². The third-order valence-corrected chi connectivity index (χ3v) is 3.18. The Labute approximate surface area is 110 Å².